The number of aryl methyl sites for hydroxylation is 1. The SMILES string of the molecule is CCOc1ccccc1CNn1c(C)n[nH]c1=S. The third-order valence-corrected chi connectivity index (χ3v) is 2.81. The van der Waals surface area contributed by atoms with Gasteiger partial charge in [0, 0.05) is 5.56 Å². The quantitative estimate of drug-likeness (QED) is 0.814. The molecule has 1 aromatic carbocycles. The first-order valence-electron chi connectivity index (χ1n) is 5.81. The lowest BCUT2D eigenvalue weighted by molar-refractivity contribution is 0.336. The Balaban J connectivity index is 2.13. The van der Waals surface area contributed by atoms with Gasteiger partial charge in [-0.15, -0.1) is 0 Å². The zero-order chi connectivity index (χ0) is 13.0. The van der Waals surface area contributed by atoms with Gasteiger partial charge in [0.2, 0.25) is 4.77 Å². The van der Waals surface area contributed by atoms with Gasteiger partial charge in [-0.05, 0) is 32.1 Å². The van der Waals surface area contributed by atoms with E-state index in [0.717, 1.165) is 17.1 Å². The molecule has 2 N–H and O–H groups in total. The molecule has 0 saturated heterocycles. The van der Waals surface area contributed by atoms with Crippen LogP contribution in [0.25, 0.3) is 0 Å². The lowest BCUT2D eigenvalue weighted by atomic mass is 10.2. The Morgan fingerprint density at radius 1 is 1.44 bits per heavy atom. The third-order valence-electron chi connectivity index (χ3n) is 2.54. The normalized spacial score (nSPS) is 10.3. The molecule has 0 spiro atoms. The molecule has 0 aliphatic rings. The number of hydrogen-bond donors (Lipinski definition) is 2. The highest BCUT2D eigenvalue weighted by molar-refractivity contribution is 7.71. The summed E-state index contributed by atoms with van der Waals surface area (Å²) in [5.74, 6) is 1.69. The number of para-hydroxylation sites is 1. The van der Waals surface area contributed by atoms with Crippen molar-refractivity contribution in [2.24, 2.45) is 0 Å². The minimum atomic E-state index is 0.557. The molecule has 1 heterocycles. The molecule has 0 aliphatic carbocycles. The van der Waals surface area contributed by atoms with Gasteiger partial charge < -0.3 is 10.2 Å². The van der Waals surface area contributed by atoms with E-state index in [2.05, 4.69) is 15.6 Å². The van der Waals surface area contributed by atoms with Crippen molar-refractivity contribution < 1.29 is 4.74 Å². The third kappa shape index (κ3) is 2.70. The summed E-state index contributed by atoms with van der Waals surface area (Å²) in [6.07, 6.45) is 0. The van der Waals surface area contributed by atoms with E-state index in [1.54, 1.807) is 4.68 Å². The van der Waals surface area contributed by atoms with Gasteiger partial charge in [-0.3, -0.25) is 5.10 Å². The maximum Gasteiger partial charge on any atom is 0.214 e. The van der Waals surface area contributed by atoms with E-state index in [1.165, 1.54) is 0 Å². The van der Waals surface area contributed by atoms with E-state index in [9.17, 15) is 0 Å². The Bertz CT molecular complexity index is 575. The van der Waals surface area contributed by atoms with Crippen molar-refractivity contribution in [2.45, 2.75) is 20.4 Å². The molecule has 18 heavy (non-hydrogen) atoms. The Morgan fingerprint density at radius 3 is 2.89 bits per heavy atom. The number of aromatic nitrogens is 3. The number of nitrogens with one attached hydrogen (secondary N) is 2. The molecule has 2 rings (SSSR count). The van der Waals surface area contributed by atoms with Crippen molar-refractivity contribution in [1.82, 2.24) is 14.9 Å². The van der Waals surface area contributed by atoms with E-state index in [1.807, 2.05) is 38.1 Å². The van der Waals surface area contributed by atoms with Crippen LogP contribution in [0.2, 0.25) is 0 Å². The first kappa shape index (κ1) is 12.6. The van der Waals surface area contributed by atoms with Crippen molar-refractivity contribution in [1.29, 1.82) is 0 Å². The molecule has 6 heteroatoms. The summed E-state index contributed by atoms with van der Waals surface area (Å²) >= 11 is 5.12. The van der Waals surface area contributed by atoms with Crippen molar-refractivity contribution in [3.63, 3.8) is 0 Å². The molecular formula is C12H16N4OS. The Kier molecular flexibility index (Phi) is 3.99. The summed E-state index contributed by atoms with van der Waals surface area (Å²) < 4.78 is 7.87. The summed E-state index contributed by atoms with van der Waals surface area (Å²) in [5.41, 5.74) is 4.30. The average molecular weight is 264 g/mol. The Morgan fingerprint density at radius 2 is 2.22 bits per heavy atom. The van der Waals surface area contributed by atoms with Crippen molar-refractivity contribution in [3.05, 3.63) is 40.4 Å². The van der Waals surface area contributed by atoms with Gasteiger partial charge in [0.15, 0.2) is 0 Å². The highest BCUT2D eigenvalue weighted by Crippen LogP contribution is 2.17. The van der Waals surface area contributed by atoms with Crippen molar-refractivity contribution in [3.8, 4) is 5.75 Å². The van der Waals surface area contributed by atoms with Gasteiger partial charge in [0.1, 0.15) is 11.6 Å². The van der Waals surface area contributed by atoms with E-state index >= 15 is 0 Å². The lowest BCUT2D eigenvalue weighted by Gasteiger charge is -2.12. The second kappa shape index (κ2) is 5.68. The van der Waals surface area contributed by atoms with Gasteiger partial charge in [-0.1, -0.05) is 18.2 Å². The largest absolute Gasteiger partial charge is 0.494 e. The topological polar surface area (TPSA) is 54.9 Å². The molecule has 0 atom stereocenters. The number of hydrogen-bond acceptors (Lipinski definition) is 4. The number of H-pyrrole nitrogens is 1. The lowest BCUT2D eigenvalue weighted by Crippen LogP contribution is -2.16. The van der Waals surface area contributed by atoms with Crippen LogP contribution in [0, 0.1) is 11.7 Å². The van der Waals surface area contributed by atoms with Crippen LogP contribution in [0.3, 0.4) is 0 Å². The van der Waals surface area contributed by atoms with Crippen LogP contribution < -0.4 is 10.2 Å². The smallest absolute Gasteiger partial charge is 0.214 e. The fraction of sp³-hybridized carbons (Fsp3) is 0.333. The molecule has 0 unspecified atom stereocenters. The molecular weight excluding hydrogens is 248 g/mol. The fourth-order valence-corrected chi connectivity index (χ4v) is 1.91. The van der Waals surface area contributed by atoms with Gasteiger partial charge in [0.05, 0.1) is 13.2 Å². The van der Waals surface area contributed by atoms with Crippen LogP contribution in [0.4, 0.5) is 0 Å². The van der Waals surface area contributed by atoms with Gasteiger partial charge >= 0.3 is 0 Å². The Hall–Kier alpha value is -1.82. The summed E-state index contributed by atoms with van der Waals surface area (Å²) in [6.45, 7) is 5.14. The second-order valence-corrected chi connectivity index (χ2v) is 4.17. The van der Waals surface area contributed by atoms with Crippen LogP contribution >= 0.6 is 12.2 Å². The molecule has 2 aromatic rings. The van der Waals surface area contributed by atoms with Crippen molar-refractivity contribution >= 4 is 12.2 Å². The van der Waals surface area contributed by atoms with E-state index in [4.69, 9.17) is 17.0 Å². The molecule has 96 valence electrons. The van der Waals surface area contributed by atoms with E-state index < -0.39 is 0 Å². The highest BCUT2D eigenvalue weighted by atomic mass is 32.1. The van der Waals surface area contributed by atoms with Gasteiger partial charge in [-0.2, -0.15) is 5.10 Å². The molecule has 0 saturated carbocycles. The maximum atomic E-state index is 5.57. The van der Waals surface area contributed by atoms with Crippen LogP contribution in [-0.2, 0) is 6.54 Å². The van der Waals surface area contributed by atoms with Crippen molar-refractivity contribution in [2.75, 3.05) is 12.0 Å². The van der Waals surface area contributed by atoms with Crippen LogP contribution in [0.5, 0.6) is 5.75 Å². The second-order valence-electron chi connectivity index (χ2n) is 3.79. The number of nitrogens with zero attached hydrogens (tertiary/aromatic N) is 2. The maximum absolute atomic E-state index is 5.57. The molecule has 0 bridgehead atoms. The monoisotopic (exact) mass is 264 g/mol. The summed E-state index contributed by atoms with van der Waals surface area (Å²) in [7, 11) is 0. The van der Waals surface area contributed by atoms with E-state index in [-0.39, 0.29) is 0 Å². The summed E-state index contributed by atoms with van der Waals surface area (Å²) in [6, 6.07) is 7.93. The average Bonchev–Trinajstić information content (AvgIpc) is 2.69. The highest BCUT2D eigenvalue weighted by Gasteiger charge is 2.04. The number of ether oxygens (including phenoxy) is 1. The zero-order valence-corrected chi connectivity index (χ0v) is 11.3. The van der Waals surface area contributed by atoms with Gasteiger partial charge in [0.25, 0.3) is 0 Å². The molecule has 0 amide bonds. The number of benzene rings is 1. The zero-order valence-electron chi connectivity index (χ0n) is 10.4. The van der Waals surface area contributed by atoms with Crippen LogP contribution in [0.15, 0.2) is 24.3 Å². The minimum Gasteiger partial charge on any atom is -0.494 e. The Labute approximate surface area is 111 Å². The first-order chi connectivity index (χ1) is 8.72. The van der Waals surface area contributed by atoms with E-state index in [0.29, 0.717) is 17.9 Å². The summed E-state index contributed by atoms with van der Waals surface area (Å²) in [4.78, 5) is 0. The predicted molar refractivity (Wildman–Crippen MR) is 72.8 cm³/mol. The van der Waals surface area contributed by atoms with Crippen LogP contribution in [0.1, 0.15) is 18.3 Å². The summed E-state index contributed by atoms with van der Waals surface area (Å²) in [5, 5.41) is 6.77. The first-order valence-corrected chi connectivity index (χ1v) is 6.21. The van der Waals surface area contributed by atoms with Gasteiger partial charge in [-0.25, -0.2) is 4.68 Å². The molecule has 0 radical (unpaired) electrons. The number of aromatic amines is 1. The van der Waals surface area contributed by atoms with Crippen LogP contribution in [-0.4, -0.2) is 21.5 Å². The minimum absolute atomic E-state index is 0.557. The molecule has 0 aliphatic heterocycles. The molecule has 1 aromatic heterocycles. The molecule has 0 fully saturated rings. The predicted octanol–water partition coefficient (Wildman–Crippen LogP) is 2.39. The molecule has 5 nitrogen and oxygen atoms in total. The standard InChI is InChI=1S/C12H16N4OS/c1-3-17-11-7-5-4-6-10(11)8-13-16-9(2)14-15-12(16)18/h4-7,13H,3,8H2,1-2H3,(H,15,18). The fourth-order valence-electron chi connectivity index (χ4n) is 1.67. The number of rotatable bonds is 5.